The number of carbonyl (C=O) groups is 1. The van der Waals surface area contributed by atoms with Crippen LogP contribution in [0.3, 0.4) is 0 Å². The van der Waals surface area contributed by atoms with Crippen molar-refractivity contribution in [3.05, 3.63) is 108 Å². The summed E-state index contributed by atoms with van der Waals surface area (Å²) >= 11 is 0. The van der Waals surface area contributed by atoms with Crippen LogP contribution in [0.4, 0.5) is 0 Å². The molecule has 4 rings (SSSR count). The highest BCUT2D eigenvalue weighted by Crippen LogP contribution is 2.38. The molecule has 1 saturated heterocycles. The lowest BCUT2D eigenvalue weighted by Crippen LogP contribution is -2.63. The molecule has 8 heteroatoms. The molecule has 0 spiro atoms. The van der Waals surface area contributed by atoms with Crippen LogP contribution >= 0.6 is 0 Å². The van der Waals surface area contributed by atoms with Gasteiger partial charge < -0.3 is 28.1 Å². The van der Waals surface area contributed by atoms with Crippen LogP contribution in [-0.2, 0) is 52.7 Å². The number of ether oxygens (including phenoxy) is 5. The van der Waals surface area contributed by atoms with Crippen molar-refractivity contribution in [3.63, 3.8) is 0 Å². The third-order valence-corrected chi connectivity index (χ3v) is 12.8. The molecule has 0 saturated carbocycles. The Bertz CT molecular complexity index is 1250. The van der Waals surface area contributed by atoms with Crippen LogP contribution in [0.1, 0.15) is 37.5 Å². The van der Waals surface area contributed by atoms with Gasteiger partial charge in [0.1, 0.15) is 24.4 Å². The fourth-order valence-electron chi connectivity index (χ4n) is 4.74. The fraction of sp³-hybridized carbons (Fsp3) is 0.457. The predicted octanol–water partition coefficient (Wildman–Crippen LogP) is 6.70. The van der Waals surface area contributed by atoms with Gasteiger partial charge in [-0.15, -0.1) is 0 Å². The molecule has 0 amide bonds. The molecule has 1 aliphatic rings. The normalized spacial score (nSPS) is 22.7. The maximum absolute atomic E-state index is 13.2. The van der Waals surface area contributed by atoms with Crippen molar-refractivity contribution in [3.8, 4) is 0 Å². The Kier molecular flexibility index (Phi) is 11.7. The molecule has 1 aliphatic heterocycles. The molecule has 232 valence electrons. The third-order valence-electron chi connectivity index (χ3n) is 8.34. The number of benzene rings is 3. The van der Waals surface area contributed by atoms with Gasteiger partial charge in [0.25, 0.3) is 0 Å². The SMILES string of the molecule is COC(=O)C1O[C@H](CO[Si](C)(C)C(C)(C)C)C(OCc2ccccc2)C(OCc2ccccc2)C1OCc1ccccc1. The molecule has 7 nitrogen and oxygen atoms in total. The largest absolute Gasteiger partial charge is 0.467 e. The van der Waals surface area contributed by atoms with Crippen molar-refractivity contribution < 1.29 is 32.9 Å². The van der Waals surface area contributed by atoms with Gasteiger partial charge in [-0.3, -0.25) is 0 Å². The molecule has 0 N–H and O–H groups in total. The van der Waals surface area contributed by atoms with E-state index in [0.29, 0.717) is 13.2 Å². The lowest BCUT2D eigenvalue weighted by molar-refractivity contribution is -0.269. The fourth-order valence-corrected chi connectivity index (χ4v) is 5.75. The second-order valence-electron chi connectivity index (χ2n) is 12.5. The van der Waals surface area contributed by atoms with Crippen LogP contribution in [0.2, 0.25) is 18.1 Å². The molecule has 5 atom stereocenters. The Morgan fingerprint density at radius 1 is 0.698 bits per heavy atom. The van der Waals surface area contributed by atoms with Gasteiger partial charge in [-0.25, -0.2) is 4.79 Å². The number of hydrogen-bond donors (Lipinski definition) is 0. The zero-order valence-electron chi connectivity index (χ0n) is 26.2. The maximum Gasteiger partial charge on any atom is 0.337 e. The van der Waals surface area contributed by atoms with E-state index < -0.39 is 44.8 Å². The highest BCUT2D eigenvalue weighted by molar-refractivity contribution is 6.74. The molecule has 0 aliphatic carbocycles. The van der Waals surface area contributed by atoms with Crippen molar-refractivity contribution in [2.45, 2.75) is 89.2 Å². The molecule has 0 bridgehead atoms. The van der Waals surface area contributed by atoms with Crippen molar-refractivity contribution in [2.75, 3.05) is 13.7 Å². The molecule has 3 aromatic rings. The number of rotatable bonds is 13. The number of esters is 1. The maximum atomic E-state index is 13.2. The predicted molar refractivity (Wildman–Crippen MR) is 169 cm³/mol. The Hall–Kier alpha value is -2.85. The third kappa shape index (κ3) is 9.08. The van der Waals surface area contributed by atoms with E-state index in [1.54, 1.807) is 0 Å². The molecule has 1 heterocycles. The van der Waals surface area contributed by atoms with E-state index in [-0.39, 0.29) is 18.3 Å². The standard InChI is InChI=1S/C35H46O7Si/c1-35(2,3)43(5,6)41-25-29-30(38-22-26-16-10-7-11-17-26)31(39-23-27-18-12-8-13-19-27)32(33(42-29)34(36)37-4)40-24-28-20-14-9-15-21-28/h7-21,29-33H,22-25H2,1-6H3/t29-,30?,31?,32?,33?/m1/s1. The van der Waals surface area contributed by atoms with Crippen LogP contribution < -0.4 is 0 Å². The zero-order chi connectivity index (χ0) is 30.9. The number of carbonyl (C=O) groups excluding carboxylic acids is 1. The first-order valence-corrected chi connectivity index (χ1v) is 17.8. The van der Waals surface area contributed by atoms with Crippen molar-refractivity contribution in [1.29, 1.82) is 0 Å². The van der Waals surface area contributed by atoms with Crippen molar-refractivity contribution in [1.82, 2.24) is 0 Å². The van der Waals surface area contributed by atoms with E-state index in [2.05, 4.69) is 33.9 Å². The van der Waals surface area contributed by atoms with Gasteiger partial charge >= 0.3 is 5.97 Å². The summed E-state index contributed by atoms with van der Waals surface area (Å²) in [6.07, 6.45) is -3.66. The molecule has 4 unspecified atom stereocenters. The molecular formula is C35H46O7Si. The van der Waals surface area contributed by atoms with Gasteiger partial charge in [-0.2, -0.15) is 0 Å². The van der Waals surface area contributed by atoms with Gasteiger partial charge in [-0.1, -0.05) is 112 Å². The van der Waals surface area contributed by atoms with Crippen molar-refractivity contribution >= 4 is 14.3 Å². The van der Waals surface area contributed by atoms with Crippen molar-refractivity contribution in [2.24, 2.45) is 0 Å². The van der Waals surface area contributed by atoms with Crippen LogP contribution in [0.5, 0.6) is 0 Å². The summed E-state index contributed by atoms with van der Waals surface area (Å²) in [7, 11) is -0.796. The minimum absolute atomic E-state index is 0.00560. The molecule has 1 fully saturated rings. The molecule has 3 aromatic carbocycles. The number of hydrogen-bond acceptors (Lipinski definition) is 7. The van der Waals surface area contributed by atoms with Gasteiger partial charge in [0.15, 0.2) is 14.4 Å². The molecular weight excluding hydrogens is 560 g/mol. The smallest absolute Gasteiger partial charge is 0.337 e. The van der Waals surface area contributed by atoms with Crippen LogP contribution in [0.25, 0.3) is 0 Å². The van der Waals surface area contributed by atoms with Gasteiger partial charge in [0.05, 0.1) is 33.5 Å². The van der Waals surface area contributed by atoms with Crippen LogP contribution in [-0.4, -0.2) is 58.5 Å². The van der Waals surface area contributed by atoms with Gasteiger partial charge in [0.2, 0.25) is 0 Å². The lowest BCUT2D eigenvalue weighted by Gasteiger charge is -2.46. The Labute approximate surface area is 257 Å². The second-order valence-corrected chi connectivity index (χ2v) is 17.3. The Balaban J connectivity index is 1.69. The van der Waals surface area contributed by atoms with Gasteiger partial charge in [-0.05, 0) is 34.8 Å². The van der Waals surface area contributed by atoms with E-state index >= 15 is 0 Å². The van der Waals surface area contributed by atoms with E-state index in [4.69, 9.17) is 28.1 Å². The quantitative estimate of drug-likeness (QED) is 0.158. The summed E-state index contributed by atoms with van der Waals surface area (Å²) in [6, 6.07) is 29.7. The Morgan fingerprint density at radius 2 is 1.12 bits per heavy atom. The first kappa shape index (κ1) is 33.0. The molecule has 43 heavy (non-hydrogen) atoms. The summed E-state index contributed by atoms with van der Waals surface area (Å²) in [5.74, 6) is -0.523. The summed E-state index contributed by atoms with van der Waals surface area (Å²) < 4.78 is 38.1. The zero-order valence-corrected chi connectivity index (χ0v) is 27.2. The lowest BCUT2D eigenvalue weighted by atomic mass is 9.94. The highest BCUT2D eigenvalue weighted by Gasteiger charge is 2.52. The average molecular weight is 607 g/mol. The van der Waals surface area contributed by atoms with Crippen LogP contribution in [0, 0.1) is 0 Å². The summed E-state index contributed by atoms with van der Waals surface area (Å²) in [4.78, 5) is 13.2. The van der Waals surface area contributed by atoms with E-state index in [1.807, 2.05) is 91.0 Å². The minimum atomic E-state index is -2.16. The first-order chi connectivity index (χ1) is 20.6. The second kappa shape index (κ2) is 15.2. The Morgan fingerprint density at radius 3 is 1.53 bits per heavy atom. The minimum Gasteiger partial charge on any atom is -0.467 e. The average Bonchev–Trinajstić information content (AvgIpc) is 3.01. The summed E-state index contributed by atoms with van der Waals surface area (Å²) in [6.45, 7) is 12.1. The monoisotopic (exact) mass is 606 g/mol. The first-order valence-electron chi connectivity index (χ1n) is 14.9. The topological polar surface area (TPSA) is 72.5 Å². The van der Waals surface area contributed by atoms with E-state index in [1.165, 1.54) is 7.11 Å². The molecule has 0 aromatic heterocycles. The van der Waals surface area contributed by atoms with E-state index in [0.717, 1.165) is 16.7 Å². The summed E-state index contributed by atoms with van der Waals surface area (Å²) in [5, 5.41) is -0.00560. The van der Waals surface area contributed by atoms with Gasteiger partial charge in [0, 0.05) is 0 Å². The highest BCUT2D eigenvalue weighted by atomic mass is 28.4. The van der Waals surface area contributed by atoms with Crippen LogP contribution in [0.15, 0.2) is 91.0 Å². The summed E-state index contributed by atoms with van der Waals surface area (Å²) in [5.41, 5.74) is 2.99. The number of methoxy groups -OCH3 is 1. The van der Waals surface area contributed by atoms with E-state index in [9.17, 15) is 4.79 Å². The molecule has 0 radical (unpaired) electrons.